The van der Waals surface area contributed by atoms with Gasteiger partial charge in [0.25, 0.3) is 11.8 Å². The normalized spacial score (nSPS) is 13.1. The van der Waals surface area contributed by atoms with E-state index in [0.717, 1.165) is 37.9 Å². The van der Waals surface area contributed by atoms with Crippen LogP contribution in [0.4, 0.5) is 5.69 Å². The molecule has 5 nitrogen and oxygen atoms in total. The Bertz CT molecular complexity index is 782. The Morgan fingerprint density at radius 1 is 1.00 bits per heavy atom. The van der Waals surface area contributed by atoms with Gasteiger partial charge in [0.2, 0.25) is 0 Å². The number of carbonyl (C=O) groups is 2. The van der Waals surface area contributed by atoms with Crippen molar-refractivity contribution in [3.8, 4) is 5.75 Å². The third kappa shape index (κ3) is 5.84. The number of anilines is 1. The summed E-state index contributed by atoms with van der Waals surface area (Å²) in [6.45, 7) is 2.84. The highest BCUT2D eigenvalue weighted by Gasteiger charge is 2.23. The molecule has 0 saturated heterocycles. The highest BCUT2D eigenvalue weighted by molar-refractivity contribution is 6.05. The maximum absolute atomic E-state index is 12.4. The molecule has 0 bridgehead atoms. The molecule has 2 N–H and O–H groups in total. The van der Waals surface area contributed by atoms with Gasteiger partial charge in [0, 0.05) is 22.9 Å². The van der Waals surface area contributed by atoms with E-state index in [4.69, 9.17) is 4.74 Å². The number of rotatable bonds is 9. The van der Waals surface area contributed by atoms with E-state index < -0.39 is 0 Å². The highest BCUT2D eigenvalue weighted by Crippen LogP contribution is 2.20. The summed E-state index contributed by atoms with van der Waals surface area (Å²) in [5.74, 6) is 0.451. The van der Waals surface area contributed by atoms with Crippen LogP contribution in [-0.2, 0) is 0 Å². The van der Waals surface area contributed by atoms with Crippen LogP contribution in [0.3, 0.4) is 0 Å². The Hall–Kier alpha value is -2.82. The molecule has 142 valence electrons. The first kappa shape index (κ1) is 19.0. The summed E-state index contributed by atoms with van der Waals surface area (Å²) >= 11 is 0. The maximum atomic E-state index is 12.4. The average Bonchev–Trinajstić information content (AvgIpc) is 3.50. The molecule has 0 aromatic heterocycles. The van der Waals surface area contributed by atoms with Crippen molar-refractivity contribution in [1.29, 1.82) is 0 Å². The lowest BCUT2D eigenvalue weighted by molar-refractivity contribution is 0.0949. The van der Waals surface area contributed by atoms with Gasteiger partial charge in [-0.1, -0.05) is 25.8 Å². The number of hydrogen-bond acceptors (Lipinski definition) is 3. The third-order valence-corrected chi connectivity index (χ3v) is 4.43. The number of benzene rings is 2. The molecule has 0 atom stereocenters. The number of hydrogen-bond donors (Lipinski definition) is 2. The second-order valence-corrected chi connectivity index (χ2v) is 6.86. The van der Waals surface area contributed by atoms with Gasteiger partial charge in [-0.25, -0.2) is 0 Å². The smallest absolute Gasteiger partial charge is 0.255 e. The Morgan fingerprint density at radius 3 is 2.48 bits per heavy atom. The largest absolute Gasteiger partial charge is 0.494 e. The molecule has 1 aliphatic carbocycles. The lowest BCUT2D eigenvalue weighted by Gasteiger charge is -2.09. The van der Waals surface area contributed by atoms with Crippen molar-refractivity contribution < 1.29 is 14.3 Å². The van der Waals surface area contributed by atoms with Crippen molar-refractivity contribution in [2.45, 2.75) is 45.1 Å². The summed E-state index contributed by atoms with van der Waals surface area (Å²) in [6, 6.07) is 14.4. The fourth-order valence-electron chi connectivity index (χ4n) is 2.68. The first-order chi connectivity index (χ1) is 13.2. The Kier molecular flexibility index (Phi) is 6.47. The van der Waals surface area contributed by atoms with Gasteiger partial charge in [0.15, 0.2) is 0 Å². The number of nitrogens with one attached hydrogen (secondary N) is 2. The average molecular weight is 366 g/mol. The van der Waals surface area contributed by atoms with Gasteiger partial charge in [-0.2, -0.15) is 0 Å². The molecule has 1 saturated carbocycles. The molecular weight excluding hydrogens is 340 g/mol. The van der Waals surface area contributed by atoms with Gasteiger partial charge < -0.3 is 15.4 Å². The van der Waals surface area contributed by atoms with Crippen LogP contribution in [0.1, 0.15) is 59.7 Å². The summed E-state index contributed by atoms with van der Waals surface area (Å²) in [5.41, 5.74) is 1.70. The van der Waals surface area contributed by atoms with E-state index in [1.54, 1.807) is 48.5 Å². The second-order valence-electron chi connectivity index (χ2n) is 6.86. The second kappa shape index (κ2) is 9.21. The molecule has 0 spiro atoms. The summed E-state index contributed by atoms with van der Waals surface area (Å²) in [4.78, 5) is 24.6. The minimum absolute atomic E-state index is 0.0989. The molecule has 2 amide bonds. The van der Waals surface area contributed by atoms with E-state index in [9.17, 15) is 9.59 Å². The van der Waals surface area contributed by atoms with Gasteiger partial charge >= 0.3 is 0 Å². The van der Waals surface area contributed by atoms with Crippen LogP contribution in [0.5, 0.6) is 5.75 Å². The minimum atomic E-state index is -0.215. The molecule has 1 fully saturated rings. The van der Waals surface area contributed by atoms with E-state index in [1.807, 2.05) is 0 Å². The van der Waals surface area contributed by atoms with Gasteiger partial charge in [0.1, 0.15) is 5.75 Å². The summed E-state index contributed by atoms with van der Waals surface area (Å²) in [5, 5.41) is 5.79. The van der Waals surface area contributed by atoms with Crippen LogP contribution in [0.2, 0.25) is 0 Å². The van der Waals surface area contributed by atoms with Crippen LogP contribution < -0.4 is 15.4 Å². The molecule has 1 aliphatic rings. The van der Waals surface area contributed by atoms with Crippen molar-refractivity contribution in [2.75, 3.05) is 11.9 Å². The summed E-state index contributed by atoms with van der Waals surface area (Å²) < 4.78 is 5.66. The molecule has 3 rings (SSSR count). The topological polar surface area (TPSA) is 67.4 Å². The van der Waals surface area contributed by atoms with Crippen LogP contribution in [-0.4, -0.2) is 24.5 Å². The van der Waals surface area contributed by atoms with Crippen LogP contribution in [0, 0.1) is 0 Å². The molecule has 2 aromatic rings. The van der Waals surface area contributed by atoms with Crippen molar-refractivity contribution in [2.24, 2.45) is 0 Å². The predicted molar refractivity (Wildman–Crippen MR) is 106 cm³/mol. The van der Waals surface area contributed by atoms with Gasteiger partial charge in [-0.05, 0) is 61.7 Å². The van der Waals surface area contributed by atoms with Crippen LogP contribution in [0.25, 0.3) is 0 Å². The monoisotopic (exact) mass is 366 g/mol. The maximum Gasteiger partial charge on any atom is 0.255 e. The van der Waals surface area contributed by atoms with Crippen LogP contribution in [0.15, 0.2) is 48.5 Å². The van der Waals surface area contributed by atoms with E-state index in [0.29, 0.717) is 29.5 Å². The van der Waals surface area contributed by atoms with Gasteiger partial charge in [-0.3, -0.25) is 9.59 Å². The molecule has 0 radical (unpaired) electrons. The van der Waals surface area contributed by atoms with Crippen molar-refractivity contribution in [1.82, 2.24) is 5.32 Å². The lowest BCUT2D eigenvalue weighted by Crippen LogP contribution is -2.25. The van der Waals surface area contributed by atoms with Crippen molar-refractivity contribution >= 4 is 17.5 Å². The Balaban J connectivity index is 1.55. The number of unbranched alkanes of at least 4 members (excludes halogenated alkanes) is 2. The molecule has 2 aromatic carbocycles. The van der Waals surface area contributed by atoms with Crippen molar-refractivity contribution in [3.63, 3.8) is 0 Å². The van der Waals surface area contributed by atoms with Gasteiger partial charge in [-0.15, -0.1) is 0 Å². The van der Waals surface area contributed by atoms with E-state index in [-0.39, 0.29) is 11.8 Å². The highest BCUT2D eigenvalue weighted by atomic mass is 16.5. The number of ether oxygens (including phenoxy) is 1. The molecule has 0 unspecified atom stereocenters. The third-order valence-electron chi connectivity index (χ3n) is 4.43. The fourth-order valence-corrected chi connectivity index (χ4v) is 2.68. The van der Waals surface area contributed by atoms with Crippen molar-refractivity contribution in [3.05, 3.63) is 59.7 Å². The lowest BCUT2D eigenvalue weighted by atomic mass is 10.1. The molecule has 27 heavy (non-hydrogen) atoms. The molecule has 0 heterocycles. The van der Waals surface area contributed by atoms with Crippen LogP contribution >= 0.6 is 0 Å². The summed E-state index contributed by atoms with van der Waals surface area (Å²) in [7, 11) is 0. The number of carbonyl (C=O) groups excluding carboxylic acids is 2. The standard InChI is InChI=1S/C22H26N2O3/c1-2-3-4-14-27-20-12-8-16(9-13-20)21(25)24-19-7-5-6-17(15-19)22(26)23-18-10-11-18/h5-9,12-13,15,18H,2-4,10-11,14H2,1H3,(H,23,26)(H,24,25). The summed E-state index contributed by atoms with van der Waals surface area (Å²) in [6.07, 6.45) is 5.43. The SMILES string of the molecule is CCCCCOc1ccc(C(=O)Nc2cccc(C(=O)NC3CC3)c2)cc1. The fraction of sp³-hybridized carbons (Fsp3) is 0.364. The minimum Gasteiger partial charge on any atom is -0.494 e. The Morgan fingerprint density at radius 2 is 1.78 bits per heavy atom. The zero-order valence-corrected chi connectivity index (χ0v) is 15.7. The Labute approximate surface area is 160 Å². The molecule has 5 heteroatoms. The number of amides is 2. The quantitative estimate of drug-likeness (QED) is 0.646. The predicted octanol–water partition coefficient (Wildman–Crippen LogP) is 4.40. The first-order valence-corrected chi connectivity index (χ1v) is 9.61. The molecule has 0 aliphatic heterocycles. The van der Waals surface area contributed by atoms with E-state index >= 15 is 0 Å². The van der Waals surface area contributed by atoms with Gasteiger partial charge in [0.05, 0.1) is 6.61 Å². The zero-order valence-electron chi connectivity index (χ0n) is 15.7. The van der Waals surface area contributed by atoms with E-state index in [1.165, 1.54) is 0 Å². The first-order valence-electron chi connectivity index (χ1n) is 9.61. The molecular formula is C22H26N2O3. The van der Waals surface area contributed by atoms with E-state index in [2.05, 4.69) is 17.6 Å². The zero-order chi connectivity index (χ0) is 19.1.